The number of para-hydroxylation sites is 1. The van der Waals surface area contributed by atoms with E-state index in [0.717, 1.165) is 60.3 Å². The van der Waals surface area contributed by atoms with E-state index in [0.29, 0.717) is 0 Å². The number of aromatic nitrogens is 1. The Hall–Kier alpha value is -3.36. The van der Waals surface area contributed by atoms with Crippen molar-refractivity contribution in [2.45, 2.75) is 38.8 Å². The molecule has 2 aromatic carbocycles. The van der Waals surface area contributed by atoms with E-state index < -0.39 is 24.5 Å². The minimum absolute atomic E-state index is 0.0809. The van der Waals surface area contributed by atoms with E-state index in [-0.39, 0.29) is 24.2 Å². The molecule has 0 saturated carbocycles. The number of nitrogens with zero attached hydrogens (tertiary/aromatic N) is 3. The molecule has 3 aromatic rings. The average molecular weight is 475 g/mol. The molecular weight excluding hydrogens is 450 g/mol. The Morgan fingerprint density at radius 3 is 2.44 bits per heavy atom. The number of benzene rings is 2. The summed E-state index contributed by atoms with van der Waals surface area (Å²) in [4.78, 5) is 20.9. The van der Waals surface area contributed by atoms with Crippen LogP contribution in [0.3, 0.4) is 0 Å². The molecule has 4 rings (SSSR count). The highest BCUT2D eigenvalue weighted by Gasteiger charge is 2.31. The van der Waals surface area contributed by atoms with Gasteiger partial charge >= 0.3 is 12.3 Å². The average Bonchev–Trinajstić information content (AvgIpc) is 3.36. The molecule has 0 bridgehead atoms. The zero-order valence-corrected chi connectivity index (χ0v) is 18.7. The highest BCUT2D eigenvalue weighted by Crippen LogP contribution is 2.32. The van der Waals surface area contributed by atoms with Crippen LogP contribution in [0.1, 0.15) is 35.1 Å². The number of methoxy groups -OCH3 is 1. The van der Waals surface area contributed by atoms with Crippen LogP contribution in [0.2, 0.25) is 0 Å². The first-order valence-electron chi connectivity index (χ1n) is 11.0. The molecule has 1 amide bonds. The van der Waals surface area contributed by atoms with Crippen LogP contribution in [-0.2, 0) is 30.7 Å². The van der Waals surface area contributed by atoms with E-state index in [1.165, 1.54) is 18.1 Å². The molecule has 34 heavy (non-hydrogen) atoms. The van der Waals surface area contributed by atoms with Crippen molar-refractivity contribution in [2.75, 3.05) is 25.1 Å². The van der Waals surface area contributed by atoms with E-state index in [4.69, 9.17) is 9.72 Å². The summed E-state index contributed by atoms with van der Waals surface area (Å²) >= 11 is 0. The summed E-state index contributed by atoms with van der Waals surface area (Å²) in [7, 11) is 1.22. The van der Waals surface area contributed by atoms with Gasteiger partial charge in [-0.25, -0.2) is 14.2 Å². The lowest BCUT2D eigenvalue weighted by atomic mass is 10.0. The molecule has 1 aliphatic heterocycles. The normalized spacial score (nSPS) is 14.0. The van der Waals surface area contributed by atoms with Gasteiger partial charge in [-0.15, -0.1) is 0 Å². The first kappa shape index (κ1) is 23.8. The summed E-state index contributed by atoms with van der Waals surface area (Å²) in [6, 6.07) is 12.6. The fourth-order valence-corrected chi connectivity index (χ4v) is 4.30. The maximum absolute atomic E-state index is 13.3. The maximum Gasteiger partial charge on any atom is 0.416 e. The van der Waals surface area contributed by atoms with Gasteiger partial charge in [0.1, 0.15) is 12.5 Å². The number of carbonyl (C=O) groups is 1. The van der Waals surface area contributed by atoms with Gasteiger partial charge in [-0.2, -0.15) is 13.2 Å². The number of ether oxygens (including phenoxy) is 1. The van der Waals surface area contributed by atoms with Crippen LogP contribution in [0.25, 0.3) is 10.9 Å². The van der Waals surface area contributed by atoms with Crippen LogP contribution >= 0.6 is 0 Å². The fraction of sp³-hybridized carbons (Fsp3) is 0.360. The molecule has 1 aliphatic rings. The number of alkyl halides is 4. The molecular formula is C25H25F4N3O2. The number of halogens is 4. The van der Waals surface area contributed by atoms with Crippen molar-refractivity contribution in [3.63, 3.8) is 0 Å². The molecule has 2 heterocycles. The number of anilines is 1. The van der Waals surface area contributed by atoms with Crippen LogP contribution in [0.5, 0.6) is 0 Å². The summed E-state index contributed by atoms with van der Waals surface area (Å²) in [5.74, 6) is 0.749. The molecule has 1 aromatic heterocycles. The minimum Gasteiger partial charge on any atom is -0.453 e. The van der Waals surface area contributed by atoms with E-state index in [9.17, 15) is 22.4 Å². The van der Waals surface area contributed by atoms with E-state index >= 15 is 0 Å². The summed E-state index contributed by atoms with van der Waals surface area (Å²) < 4.78 is 58.2. The van der Waals surface area contributed by atoms with Crippen molar-refractivity contribution < 1.29 is 27.1 Å². The zero-order valence-electron chi connectivity index (χ0n) is 18.7. The Balaban J connectivity index is 1.71. The van der Waals surface area contributed by atoms with E-state index in [1.807, 2.05) is 30.3 Å². The number of amides is 1. The van der Waals surface area contributed by atoms with Crippen LogP contribution in [0.4, 0.5) is 28.2 Å². The molecule has 0 radical (unpaired) electrons. The Morgan fingerprint density at radius 2 is 1.76 bits per heavy atom. The van der Waals surface area contributed by atoms with Gasteiger partial charge in [0.05, 0.1) is 24.7 Å². The lowest BCUT2D eigenvalue weighted by molar-refractivity contribution is -0.137. The van der Waals surface area contributed by atoms with Gasteiger partial charge in [0, 0.05) is 30.6 Å². The van der Waals surface area contributed by atoms with Crippen molar-refractivity contribution >= 4 is 22.8 Å². The number of rotatable bonds is 6. The topological polar surface area (TPSA) is 45.7 Å². The third-order valence-corrected chi connectivity index (χ3v) is 5.89. The Labute approximate surface area is 194 Å². The molecule has 5 nitrogen and oxygen atoms in total. The van der Waals surface area contributed by atoms with Crippen LogP contribution < -0.4 is 4.90 Å². The van der Waals surface area contributed by atoms with Crippen molar-refractivity contribution in [3.05, 3.63) is 70.8 Å². The first-order valence-corrected chi connectivity index (χ1v) is 11.0. The van der Waals surface area contributed by atoms with Crippen LogP contribution in [0, 0.1) is 0 Å². The standard InChI is InChI=1S/C25H25F4N3O2/c1-34-24(33)32(15-18-10-17(14-26)11-21(12-18)25(27,28)29)16-20-13-19-6-2-3-7-22(19)30-23(20)31-8-4-5-9-31/h2-3,6-7,10-13H,4-5,8-9,14-16H2,1H3. The van der Waals surface area contributed by atoms with Gasteiger partial charge in [-0.05, 0) is 48.2 Å². The molecule has 0 aliphatic carbocycles. The molecule has 180 valence electrons. The van der Waals surface area contributed by atoms with E-state index in [1.54, 1.807) is 0 Å². The van der Waals surface area contributed by atoms with Gasteiger partial charge in [-0.1, -0.05) is 24.3 Å². The highest BCUT2D eigenvalue weighted by atomic mass is 19.4. The van der Waals surface area contributed by atoms with Gasteiger partial charge < -0.3 is 9.64 Å². The summed E-state index contributed by atoms with van der Waals surface area (Å²) in [5, 5.41) is 0.893. The van der Waals surface area contributed by atoms with Crippen molar-refractivity contribution in [2.24, 2.45) is 0 Å². The second-order valence-corrected chi connectivity index (χ2v) is 8.35. The van der Waals surface area contributed by atoms with Gasteiger partial charge in [0.25, 0.3) is 0 Å². The molecule has 1 fully saturated rings. The Bertz CT molecular complexity index is 1180. The molecule has 1 saturated heterocycles. The quantitative estimate of drug-likeness (QED) is 0.405. The van der Waals surface area contributed by atoms with Crippen molar-refractivity contribution in [3.8, 4) is 0 Å². The molecule has 9 heteroatoms. The third-order valence-electron chi connectivity index (χ3n) is 5.89. The fourth-order valence-electron chi connectivity index (χ4n) is 4.30. The molecule has 0 spiro atoms. The summed E-state index contributed by atoms with van der Waals surface area (Å²) in [5.41, 5.74) is 0.712. The number of hydrogen-bond acceptors (Lipinski definition) is 4. The van der Waals surface area contributed by atoms with Crippen LogP contribution in [-0.4, -0.2) is 36.2 Å². The monoisotopic (exact) mass is 475 g/mol. The zero-order chi connectivity index (χ0) is 24.3. The number of hydrogen-bond donors (Lipinski definition) is 0. The smallest absolute Gasteiger partial charge is 0.416 e. The minimum atomic E-state index is -4.62. The molecule has 0 unspecified atom stereocenters. The van der Waals surface area contributed by atoms with Gasteiger partial charge in [-0.3, -0.25) is 4.90 Å². The van der Waals surface area contributed by atoms with Crippen molar-refractivity contribution in [1.29, 1.82) is 0 Å². The second kappa shape index (κ2) is 9.87. The van der Waals surface area contributed by atoms with Gasteiger partial charge in [0.2, 0.25) is 0 Å². The summed E-state index contributed by atoms with van der Waals surface area (Å²) in [6.45, 7) is 0.546. The second-order valence-electron chi connectivity index (χ2n) is 8.35. The Morgan fingerprint density at radius 1 is 1.06 bits per heavy atom. The summed E-state index contributed by atoms with van der Waals surface area (Å²) in [6.07, 6.45) is -3.25. The van der Waals surface area contributed by atoms with Gasteiger partial charge in [0.15, 0.2) is 0 Å². The number of fused-ring (bicyclic) bond motifs is 1. The Kier molecular flexibility index (Phi) is 6.90. The predicted octanol–water partition coefficient (Wildman–Crippen LogP) is 6.09. The SMILES string of the molecule is COC(=O)N(Cc1cc(CF)cc(C(F)(F)F)c1)Cc1cc2ccccc2nc1N1CCCC1. The predicted molar refractivity (Wildman–Crippen MR) is 121 cm³/mol. The highest BCUT2D eigenvalue weighted by molar-refractivity contribution is 5.82. The number of carbonyl (C=O) groups excluding carboxylic acids is 1. The van der Waals surface area contributed by atoms with E-state index in [2.05, 4.69) is 4.90 Å². The largest absolute Gasteiger partial charge is 0.453 e. The maximum atomic E-state index is 13.3. The van der Waals surface area contributed by atoms with Crippen LogP contribution in [0.15, 0.2) is 48.5 Å². The number of pyridine rings is 1. The third kappa shape index (κ3) is 5.24. The lowest BCUT2D eigenvalue weighted by Crippen LogP contribution is -2.31. The van der Waals surface area contributed by atoms with Crippen molar-refractivity contribution in [1.82, 2.24) is 9.88 Å². The lowest BCUT2D eigenvalue weighted by Gasteiger charge is -2.26. The first-order chi connectivity index (χ1) is 16.3. The molecule has 0 atom stereocenters. The molecule has 0 N–H and O–H groups in total.